The summed E-state index contributed by atoms with van der Waals surface area (Å²) in [5.74, 6) is -0.337. The Morgan fingerprint density at radius 3 is 2.30 bits per heavy atom. The molecule has 0 fully saturated rings. The van der Waals surface area contributed by atoms with Gasteiger partial charge in [-0.15, -0.1) is 0 Å². The molecule has 0 heterocycles. The third kappa shape index (κ3) is 1.96. The molecule has 0 spiro atoms. The predicted octanol–water partition coefficient (Wildman–Crippen LogP) is 2.80. The third-order valence-electron chi connectivity index (χ3n) is 4.39. The van der Waals surface area contributed by atoms with E-state index < -0.39 is 18.0 Å². The quantitative estimate of drug-likeness (QED) is 0.646. The van der Waals surface area contributed by atoms with Crippen LogP contribution in [0.5, 0.6) is 5.75 Å². The Labute approximate surface area is 132 Å². The number of ketones is 1. The van der Waals surface area contributed by atoms with Gasteiger partial charge in [0.1, 0.15) is 18.0 Å². The van der Waals surface area contributed by atoms with E-state index >= 15 is 0 Å². The number of aromatic hydroxyl groups is 1. The highest BCUT2D eigenvalue weighted by Crippen LogP contribution is 2.40. The molecule has 0 saturated carbocycles. The lowest BCUT2D eigenvalue weighted by molar-refractivity contribution is 0.0193. The van der Waals surface area contributed by atoms with E-state index in [4.69, 9.17) is 0 Å². The molecule has 0 radical (unpaired) electrons. The van der Waals surface area contributed by atoms with E-state index in [9.17, 15) is 20.1 Å². The maximum Gasteiger partial charge on any atom is 0.195 e. The van der Waals surface area contributed by atoms with Crippen LogP contribution in [0.3, 0.4) is 0 Å². The van der Waals surface area contributed by atoms with E-state index in [1.807, 2.05) is 18.2 Å². The average molecular weight is 306 g/mol. The van der Waals surface area contributed by atoms with Crippen molar-refractivity contribution >= 4 is 16.6 Å². The Balaban J connectivity index is 2.09. The van der Waals surface area contributed by atoms with Gasteiger partial charge in [0.25, 0.3) is 0 Å². The fourth-order valence-corrected chi connectivity index (χ4v) is 3.25. The van der Waals surface area contributed by atoms with Crippen molar-refractivity contribution in [3.05, 3.63) is 65.7 Å². The van der Waals surface area contributed by atoms with Gasteiger partial charge in [0.2, 0.25) is 0 Å². The summed E-state index contributed by atoms with van der Waals surface area (Å²) >= 11 is 0. The van der Waals surface area contributed by atoms with Crippen molar-refractivity contribution in [1.82, 2.24) is 0 Å². The van der Waals surface area contributed by atoms with Gasteiger partial charge in [-0.2, -0.15) is 0 Å². The van der Waals surface area contributed by atoms with Gasteiger partial charge >= 0.3 is 0 Å². The Bertz CT molecular complexity index is 928. The fraction of sp³-hybridized carbons (Fsp3) is 0.105. The molecule has 4 nitrogen and oxygen atoms in total. The average Bonchev–Trinajstić information content (AvgIpc) is 2.58. The molecule has 0 amide bonds. The SMILES string of the molecule is O=C1c2c(-c3ccc(O)cc3)ccc3cccc(c23)[C@@H](O)[C@H]1O. The zero-order valence-corrected chi connectivity index (χ0v) is 12.1. The highest BCUT2D eigenvalue weighted by Gasteiger charge is 2.36. The first-order chi connectivity index (χ1) is 11.1. The molecule has 4 heteroatoms. The maximum atomic E-state index is 12.6. The molecule has 3 N–H and O–H groups in total. The van der Waals surface area contributed by atoms with Crippen LogP contribution in [0.25, 0.3) is 21.9 Å². The van der Waals surface area contributed by atoms with Crippen LogP contribution < -0.4 is 0 Å². The highest BCUT2D eigenvalue weighted by atomic mass is 16.3. The highest BCUT2D eigenvalue weighted by molar-refractivity contribution is 6.18. The third-order valence-corrected chi connectivity index (χ3v) is 4.39. The van der Waals surface area contributed by atoms with Crippen LogP contribution in [0, 0.1) is 0 Å². The minimum Gasteiger partial charge on any atom is -0.508 e. The molecular formula is C19H14O4. The summed E-state index contributed by atoms with van der Waals surface area (Å²) in [6.45, 7) is 0. The molecule has 3 aromatic carbocycles. The van der Waals surface area contributed by atoms with Gasteiger partial charge in [-0.05, 0) is 39.6 Å². The van der Waals surface area contributed by atoms with Crippen molar-refractivity contribution in [3.63, 3.8) is 0 Å². The number of carbonyl (C=O) groups is 1. The van der Waals surface area contributed by atoms with E-state index in [2.05, 4.69) is 0 Å². The summed E-state index contributed by atoms with van der Waals surface area (Å²) < 4.78 is 0. The number of aliphatic hydroxyl groups is 2. The number of hydrogen-bond donors (Lipinski definition) is 3. The zero-order valence-electron chi connectivity index (χ0n) is 12.1. The van der Waals surface area contributed by atoms with Crippen LogP contribution in [0.1, 0.15) is 22.0 Å². The molecule has 0 aromatic heterocycles. The number of aliphatic hydroxyl groups excluding tert-OH is 2. The molecule has 1 aliphatic carbocycles. The Morgan fingerprint density at radius 2 is 1.57 bits per heavy atom. The van der Waals surface area contributed by atoms with Crippen LogP contribution in [0.4, 0.5) is 0 Å². The lowest BCUT2D eigenvalue weighted by Gasteiger charge is -2.27. The van der Waals surface area contributed by atoms with Crippen molar-refractivity contribution in [2.75, 3.05) is 0 Å². The standard InChI is InChI=1S/C19H14O4/c20-12-7-4-10(5-8-12)13-9-6-11-2-1-3-14-15(11)16(13)18(22)19(23)17(14)21/h1-9,17,19-21,23H/t17-,19-/m1/s1. The van der Waals surface area contributed by atoms with Crippen LogP contribution >= 0.6 is 0 Å². The van der Waals surface area contributed by atoms with E-state index in [0.29, 0.717) is 22.1 Å². The van der Waals surface area contributed by atoms with Gasteiger partial charge in [0.05, 0.1) is 0 Å². The second kappa shape index (κ2) is 4.91. The number of phenolic OH excluding ortho intramolecular Hbond substituents is 1. The number of rotatable bonds is 1. The first-order valence-corrected chi connectivity index (χ1v) is 7.33. The normalized spacial score (nSPS) is 20.0. The van der Waals surface area contributed by atoms with Crippen molar-refractivity contribution in [2.24, 2.45) is 0 Å². The Kier molecular flexibility index (Phi) is 2.98. The maximum absolute atomic E-state index is 12.6. The number of phenols is 1. The summed E-state index contributed by atoms with van der Waals surface area (Å²) in [6.07, 6.45) is -2.68. The monoisotopic (exact) mass is 306 g/mol. The molecule has 3 aromatic rings. The predicted molar refractivity (Wildman–Crippen MR) is 86.3 cm³/mol. The van der Waals surface area contributed by atoms with Crippen molar-refractivity contribution in [1.29, 1.82) is 0 Å². The summed E-state index contributed by atoms with van der Waals surface area (Å²) in [4.78, 5) is 12.6. The van der Waals surface area contributed by atoms with Crippen molar-refractivity contribution in [3.8, 4) is 16.9 Å². The molecule has 0 bridgehead atoms. The molecule has 0 saturated heterocycles. The molecule has 1 aliphatic rings. The fourth-order valence-electron chi connectivity index (χ4n) is 3.25. The lowest BCUT2D eigenvalue weighted by Crippen LogP contribution is -2.32. The summed E-state index contributed by atoms with van der Waals surface area (Å²) in [6, 6.07) is 15.7. The number of hydrogen-bond acceptors (Lipinski definition) is 4. The minimum absolute atomic E-state index is 0.144. The van der Waals surface area contributed by atoms with Gasteiger partial charge in [0, 0.05) is 5.56 Å². The summed E-state index contributed by atoms with van der Waals surface area (Å²) in [5.41, 5.74) is 2.43. The van der Waals surface area contributed by atoms with Gasteiger partial charge in [-0.3, -0.25) is 4.79 Å². The van der Waals surface area contributed by atoms with Crippen molar-refractivity contribution in [2.45, 2.75) is 12.2 Å². The molecule has 0 aliphatic heterocycles. The molecule has 4 rings (SSSR count). The lowest BCUT2D eigenvalue weighted by atomic mass is 9.80. The van der Waals surface area contributed by atoms with Gasteiger partial charge in [-0.25, -0.2) is 0 Å². The number of Topliss-reactive ketones (excluding diaryl/α,β-unsaturated/α-hetero) is 1. The second-order valence-corrected chi connectivity index (χ2v) is 5.73. The summed E-state index contributed by atoms with van der Waals surface area (Å²) in [7, 11) is 0. The van der Waals surface area contributed by atoms with E-state index in [1.165, 1.54) is 0 Å². The van der Waals surface area contributed by atoms with E-state index in [1.54, 1.807) is 36.4 Å². The van der Waals surface area contributed by atoms with Gasteiger partial charge in [0.15, 0.2) is 5.78 Å². The van der Waals surface area contributed by atoms with Crippen LogP contribution in [-0.2, 0) is 0 Å². The second-order valence-electron chi connectivity index (χ2n) is 5.73. The molecule has 23 heavy (non-hydrogen) atoms. The van der Waals surface area contributed by atoms with Crippen LogP contribution in [-0.4, -0.2) is 27.2 Å². The smallest absolute Gasteiger partial charge is 0.195 e. The first kappa shape index (κ1) is 13.9. The first-order valence-electron chi connectivity index (χ1n) is 7.33. The van der Waals surface area contributed by atoms with E-state index in [0.717, 1.165) is 10.9 Å². The molecule has 114 valence electrons. The number of carbonyl (C=O) groups excluding carboxylic acids is 1. The van der Waals surface area contributed by atoms with E-state index in [-0.39, 0.29) is 5.75 Å². The van der Waals surface area contributed by atoms with Gasteiger partial charge < -0.3 is 15.3 Å². The van der Waals surface area contributed by atoms with Crippen LogP contribution in [0.2, 0.25) is 0 Å². The zero-order chi connectivity index (χ0) is 16.1. The molecular weight excluding hydrogens is 292 g/mol. The van der Waals surface area contributed by atoms with Gasteiger partial charge in [-0.1, -0.05) is 42.5 Å². The Morgan fingerprint density at radius 1 is 0.826 bits per heavy atom. The van der Waals surface area contributed by atoms with Crippen molar-refractivity contribution < 1.29 is 20.1 Å². The largest absolute Gasteiger partial charge is 0.508 e. The Hall–Kier alpha value is -2.69. The number of benzene rings is 3. The summed E-state index contributed by atoms with van der Waals surface area (Å²) in [5, 5.41) is 31.3. The minimum atomic E-state index is -1.47. The van der Waals surface area contributed by atoms with Crippen LogP contribution in [0.15, 0.2) is 54.6 Å². The molecule has 0 unspecified atom stereocenters. The molecule has 2 atom stereocenters. The topological polar surface area (TPSA) is 77.8 Å².